The average Bonchev–Trinajstić information content (AvgIpc) is 2.86. The number of aliphatic imine (C=N–C) groups is 1. The predicted octanol–water partition coefficient (Wildman–Crippen LogP) is 2.57. The number of halogens is 2. The van der Waals surface area contributed by atoms with E-state index in [0.29, 0.717) is 32.2 Å². The van der Waals surface area contributed by atoms with Gasteiger partial charge in [-0.25, -0.2) is 13.8 Å². The highest BCUT2D eigenvalue weighted by Crippen LogP contribution is 2.33. The van der Waals surface area contributed by atoms with E-state index in [4.69, 9.17) is 0 Å². The highest BCUT2D eigenvalue weighted by atomic mass is 19.1. The molecular formula is C15H14F2N2O2. The number of carbonyl (C=O) groups excluding carboxylic acids is 2. The van der Waals surface area contributed by atoms with Crippen molar-refractivity contribution in [2.45, 2.75) is 31.6 Å². The summed E-state index contributed by atoms with van der Waals surface area (Å²) in [6.07, 6.45) is 3.40. The maximum atomic E-state index is 14.3. The Hall–Kier alpha value is -2.11. The Bertz CT molecular complexity index is 620. The molecule has 2 aliphatic rings. The third-order valence-electron chi connectivity index (χ3n) is 3.90. The lowest BCUT2D eigenvalue weighted by Gasteiger charge is -2.21. The van der Waals surface area contributed by atoms with E-state index in [1.54, 1.807) is 0 Å². The molecule has 2 amide bonds. The van der Waals surface area contributed by atoms with Gasteiger partial charge in [0.2, 0.25) is 5.91 Å². The topological polar surface area (TPSA) is 49.7 Å². The molecule has 4 nitrogen and oxygen atoms in total. The zero-order chi connectivity index (χ0) is 15.0. The second kappa shape index (κ2) is 5.35. The van der Waals surface area contributed by atoms with Crippen LogP contribution < -0.4 is 4.90 Å². The molecule has 2 heterocycles. The van der Waals surface area contributed by atoms with Crippen molar-refractivity contribution < 1.29 is 18.4 Å². The molecule has 0 saturated carbocycles. The molecule has 6 heteroatoms. The lowest BCUT2D eigenvalue weighted by molar-refractivity contribution is -0.120. The van der Waals surface area contributed by atoms with Gasteiger partial charge in [-0.3, -0.25) is 9.59 Å². The van der Waals surface area contributed by atoms with Gasteiger partial charge in [-0.05, 0) is 31.4 Å². The summed E-state index contributed by atoms with van der Waals surface area (Å²) in [5, 5.41) is 0. The number of rotatable bonds is 2. The minimum absolute atomic E-state index is 0.139. The number of carbonyl (C=O) groups is 2. The lowest BCUT2D eigenvalue weighted by atomic mass is 9.91. The average molecular weight is 292 g/mol. The van der Waals surface area contributed by atoms with Crippen molar-refractivity contribution in [3.05, 3.63) is 29.3 Å². The van der Waals surface area contributed by atoms with Crippen LogP contribution in [0.2, 0.25) is 0 Å². The number of amides is 2. The Morgan fingerprint density at radius 3 is 2.48 bits per heavy atom. The van der Waals surface area contributed by atoms with Crippen LogP contribution in [0.5, 0.6) is 0 Å². The lowest BCUT2D eigenvalue weighted by Crippen LogP contribution is -2.25. The van der Waals surface area contributed by atoms with Crippen molar-refractivity contribution in [1.29, 1.82) is 0 Å². The summed E-state index contributed by atoms with van der Waals surface area (Å²) in [7, 11) is 0. The molecule has 110 valence electrons. The SMILES string of the molecule is O=C1N=CCCC1c1c(F)cc(N2CCCC2=O)cc1F. The van der Waals surface area contributed by atoms with E-state index in [2.05, 4.69) is 4.99 Å². The molecular weight excluding hydrogens is 278 g/mol. The first-order valence-corrected chi connectivity index (χ1v) is 6.93. The summed E-state index contributed by atoms with van der Waals surface area (Å²) in [6, 6.07) is 2.26. The van der Waals surface area contributed by atoms with Gasteiger partial charge in [0.25, 0.3) is 5.91 Å². The molecule has 1 fully saturated rings. The highest BCUT2D eigenvalue weighted by molar-refractivity contribution is 5.96. The first-order valence-electron chi connectivity index (χ1n) is 6.93. The quantitative estimate of drug-likeness (QED) is 0.841. The Balaban J connectivity index is 1.98. The monoisotopic (exact) mass is 292 g/mol. The van der Waals surface area contributed by atoms with Crippen LogP contribution in [0.15, 0.2) is 17.1 Å². The van der Waals surface area contributed by atoms with Gasteiger partial charge in [-0.15, -0.1) is 0 Å². The van der Waals surface area contributed by atoms with Crippen LogP contribution in [-0.2, 0) is 9.59 Å². The van der Waals surface area contributed by atoms with E-state index in [9.17, 15) is 18.4 Å². The maximum absolute atomic E-state index is 14.3. The molecule has 3 rings (SSSR count). The first kappa shape index (κ1) is 13.9. The summed E-state index contributed by atoms with van der Waals surface area (Å²) < 4.78 is 28.5. The molecule has 1 saturated heterocycles. The number of nitrogens with zero attached hydrogens (tertiary/aromatic N) is 2. The van der Waals surface area contributed by atoms with Crippen LogP contribution >= 0.6 is 0 Å². The fourth-order valence-corrected chi connectivity index (χ4v) is 2.86. The van der Waals surface area contributed by atoms with Gasteiger partial charge in [0.05, 0.1) is 5.92 Å². The number of benzene rings is 1. The normalized spacial score (nSPS) is 22.2. The molecule has 1 aromatic carbocycles. The molecule has 21 heavy (non-hydrogen) atoms. The summed E-state index contributed by atoms with van der Waals surface area (Å²) in [6.45, 7) is 0.462. The van der Waals surface area contributed by atoms with Crippen LogP contribution in [-0.4, -0.2) is 24.6 Å². The van der Waals surface area contributed by atoms with Crippen molar-refractivity contribution in [3.63, 3.8) is 0 Å². The molecule has 1 unspecified atom stereocenters. The van der Waals surface area contributed by atoms with Crippen molar-refractivity contribution >= 4 is 23.7 Å². The third kappa shape index (κ3) is 2.46. The van der Waals surface area contributed by atoms with E-state index >= 15 is 0 Å². The van der Waals surface area contributed by atoms with E-state index in [1.807, 2.05) is 0 Å². The Kier molecular flexibility index (Phi) is 3.53. The number of anilines is 1. The van der Waals surface area contributed by atoms with E-state index in [0.717, 1.165) is 12.1 Å². The minimum atomic E-state index is -0.877. The minimum Gasteiger partial charge on any atom is -0.312 e. The van der Waals surface area contributed by atoms with Gasteiger partial charge in [0, 0.05) is 30.4 Å². The van der Waals surface area contributed by atoms with Crippen LogP contribution in [0.3, 0.4) is 0 Å². The fourth-order valence-electron chi connectivity index (χ4n) is 2.86. The number of hydrogen-bond acceptors (Lipinski definition) is 2. The first-order chi connectivity index (χ1) is 10.1. The molecule has 1 aromatic rings. The maximum Gasteiger partial charge on any atom is 0.253 e. The highest BCUT2D eigenvalue weighted by Gasteiger charge is 2.30. The van der Waals surface area contributed by atoms with Crippen LogP contribution in [0.25, 0.3) is 0 Å². The second-order valence-corrected chi connectivity index (χ2v) is 5.25. The van der Waals surface area contributed by atoms with Crippen molar-refractivity contribution in [3.8, 4) is 0 Å². The summed E-state index contributed by atoms with van der Waals surface area (Å²) in [4.78, 5) is 28.3. The second-order valence-electron chi connectivity index (χ2n) is 5.25. The molecule has 0 N–H and O–H groups in total. The Morgan fingerprint density at radius 1 is 1.19 bits per heavy atom. The van der Waals surface area contributed by atoms with E-state index < -0.39 is 23.5 Å². The summed E-state index contributed by atoms with van der Waals surface area (Å²) >= 11 is 0. The standard InChI is InChI=1S/C15H14F2N2O2/c16-11-7-9(19-6-2-4-13(19)20)8-12(17)14(11)10-3-1-5-18-15(10)21/h5,7-8,10H,1-4,6H2. The predicted molar refractivity (Wildman–Crippen MR) is 73.4 cm³/mol. The molecule has 1 atom stereocenters. The zero-order valence-corrected chi connectivity index (χ0v) is 11.3. The number of hydrogen-bond donors (Lipinski definition) is 0. The molecule has 0 bridgehead atoms. The Labute approximate surface area is 120 Å². The molecule has 0 radical (unpaired) electrons. The molecule has 0 aromatic heterocycles. The fraction of sp³-hybridized carbons (Fsp3) is 0.400. The van der Waals surface area contributed by atoms with Crippen molar-refractivity contribution in [2.24, 2.45) is 4.99 Å². The molecule has 2 aliphatic heterocycles. The van der Waals surface area contributed by atoms with Crippen LogP contribution in [0.4, 0.5) is 14.5 Å². The van der Waals surface area contributed by atoms with Gasteiger partial charge in [-0.1, -0.05) is 0 Å². The summed E-state index contributed by atoms with van der Waals surface area (Å²) in [5.41, 5.74) is -0.0322. The van der Waals surface area contributed by atoms with Gasteiger partial charge in [-0.2, -0.15) is 0 Å². The molecule has 0 spiro atoms. The Morgan fingerprint density at radius 2 is 1.90 bits per heavy atom. The van der Waals surface area contributed by atoms with E-state index in [-0.39, 0.29) is 17.2 Å². The van der Waals surface area contributed by atoms with Gasteiger partial charge in [0.15, 0.2) is 0 Å². The smallest absolute Gasteiger partial charge is 0.253 e. The third-order valence-corrected chi connectivity index (χ3v) is 3.90. The van der Waals surface area contributed by atoms with E-state index in [1.165, 1.54) is 11.1 Å². The van der Waals surface area contributed by atoms with Crippen LogP contribution in [0.1, 0.15) is 37.2 Å². The van der Waals surface area contributed by atoms with Gasteiger partial charge in [0.1, 0.15) is 11.6 Å². The largest absolute Gasteiger partial charge is 0.312 e. The van der Waals surface area contributed by atoms with Gasteiger partial charge < -0.3 is 4.90 Å². The zero-order valence-electron chi connectivity index (χ0n) is 11.3. The van der Waals surface area contributed by atoms with Crippen molar-refractivity contribution in [1.82, 2.24) is 0 Å². The van der Waals surface area contributed by atoms with Crippen LogP contribution in [0, 0.1) is 11.6 Å². The molecule has 0 aliphatic carbocycles. The van der Waals surface area contributed by atoms with Crippen molar-refractivity contribution in [2.75, 3.05) is 11.4 Å². The summed E-state index contributed by atoms with van der Waals surface area (Å²) in [5.74, 6) is -3.12. The van der Waals surface area contributed by atoms with Gasteiger partial charge >= 0.3 is 0 Å².